The Kier molecular flexibility index (Phi) is 6.78. The lowest BCUT2D eigenvalue weighted by Crippen LogP contribution is -2.40. The van der Waals surface area contributed by atoms with Gasteiger partial charge in [-0.25, -0.2) is 12.8 Å². The van der Waals surface area contributed by atoms with Crippen LogP contribution in [0.2, 0.25) is 0 Å². The zero-order valence-corrected chi connectivity index (χ0v) is 20.6. The summed E-state index contributed by atoms with van der Waals surface area (Å²) in [6.07, 6.45) is -2.36. The summed E-state index contributed by atoms with van der Waals surface area (Å²) in [6.45, 7) is 0.152. The maximum Gasteiger partial charge on any atom is 0.433 e. The van der Waals surface area contributed by atoms with E-state index in [0.29, 0.717) is 35.2 Å². The first-order valence-electron chi connectivity index (χ1n) is 11.8. The average molecular weight is 548 g/mol. The van der Waals surface area contributed by atoms with Gasteiger partial charge in [0.2, 0.25) is 5.09 Å². The number of Topliss-reactive ketones (excluding diaryl/α,β-unsaturated/α-hetero) is 1. The van der Waals surface area contributed by atoms with E-state index in [2.05, 4.69) is 9.97 Å². The van der Waals surface area contributed by atoms with Crippen molar-refractivity contribution >= 4 is 26.8 Å². The number of aromatic nitrogens is 2. The van der Waals surface area contributed by atoms with E-state index in [9.17, 15) is 30.8 Å². The highest BCUT2D eigenvalue weighted by Gasteiger charge is 2.40. The predicted molar refractivity (Wildman–Crippen MR) is 129 cm³/mol. The molecule has 12 heteroatoms. The van der Waals surface area contributed by atoms with E-state index < -0.39 is 33.8 Å². The van der Waals surface area contributed by atoms with Crippen molar-refractivity contribution in [3.05, 3.63) is 78.0 Å². The number of benzene rings is 1. The second kappa shape index (κ2) is 9.91. The molecule has 4 heterocycles. The molecule has 0 radical (unpaired) electrons. The van der Waals surface area contributed by atoms with Gasteiger partial charge >= 0.3 is 6.18 Å². The van der Waals surface area contributed by atoms with Gasteiger partial charge in [-0.15, -0.1) is 0 Å². The van der Waals surface area contributed by atoms with Crippen LogP contribution < -0.4 is 0 Å². The Morgan fingerprint density at radius 3 is 2.66 bits per heavy atom. The Hall–Kier alpha value is -3.64. The molecule has 0 saturated carbocycles. The zero-order valence-electron chi connectivity index (χ0n) is 19.8. The van der Waals surface area contributed by atoms with Gasteiger partial charge in [-0.3, -0.25) is 14.8 Å². The van der Waals surface area contributed by atoms with Gasteiger partial charge in [-0.1, -0.05) is 6.07 Å². The van der Waals surface area contributed by atoms with Crippen LogP contribution in [0.1, 0.15) is 30.7 Å². The summed E-state index contributed by atoms with van der Waals surface area (Å²) in [5.74, 6) is -0.805. The normalized spacial score (nSPS) is 16.8. The van der Waals surface area contributed by atoms with Gasteiger partial charge in [0.1, 0.15) is 17.1 Å². The summed E-state index contributed by atoms with van der Waals surface area (Å²) in [5, 5.41) is -0.0443. The van der Waals surface area contributed by atoms with E-state index in [1.807, 2.05) is 0 Å². The van der Waals surface area contributed by atoms with Gasteiger partial charge in [0, 0.05) is 41.9 Å². The Bertz CT molecular complexity index is 1600. The van der Waals surface area contributed by atoms with Crippen LogP contribution in [0.3, 0.4) is 0 Å². The van der Waals surface area contributed by atoms with Crippen LogP contribution >= 0.6 is 0 Å². The first-order valence-corrected chi connectivity index (χ1v) is 13.2. The number of aryl methyl sites for hydroxylation is 1. The molecule has 1 atom stereocenters. The van der Waals surface area contributed by atoms with Crippen LogP contribution in [0.4, 0.5) is 17.6 Å². The molecule has 1 aliphatic heterocycles. The lowest BCUT2D eigenvalue weighted by Gasteiger charge is -2.21. The van der Waals surface area contributed by atoms with E-state index in [1.165, 1.54) is 30.3 Å². The Labute approximate surface area is 215 Å². The number of rotatable bonds is 7. The van der Waals surface area contributed by atoms with Crippen LogP contribution in [0.15, 0.2) is 70.3 Å². The van der Waals surface area contributed by atoms with Gasteiger partial charge in [-0.05, 0) is 61.7 Å². The summed E-state index contributed by atoms with van der Waals surface area (Å²) in [4.78, 5) is 21.0. The maximum absolute atomic E-state index is 13.5. The van der Waals surface area contributed by atoms with E-state index in [1.54, 1.807) is 18.2 Å². The first kappa shape index (κ1) is 26.0. The summed E-state index contributed by atoms with van der Waals surface area (Å²) in [7, 11) is -4.13. The fraction of sp³-hybridized carbons (Fsp3) is 0.269. The van der Waals surface area contributed by atoms with E-state index >= 15 is 0 Å². The molecule has 1 fully saturated rings. The minimum absolute atomic E-state index is 0.0176. The standard InChI is InChI=1S/C26H21F4N3O4S/c27-18-7-10-23-17(13-18)14-25(37-23)38(35,36)33-12-2-5-21(33)22(34)9-8-19-3-1-4-20(32-19)16-6-11-24(31-15-16)26(28,29)30/h1,3-4,6-7,10-11,13-15,21H,2,5,8-9,12H2/t21-/m0/s1. The molecule has 0 aliphatic carbocycles. The van der Waals surface area contributed by atoms with Crippen LogP contribution in [-0.2, 0) is 27.4 Å². The molecule has 3 aromatic heterocycles. The average Bonchev–Trinajstić information content (AvgIpc) is 3.55. The summed E-state index contributed by atoms with van der Waals surface area (Å²) in [6, 6.07) is 11.2. The zero-order chi connectivity index (χ0) is 27.1. The monoisotopic (exact) mass is 547 g/mol. The largest absolute Gasteiger partial charge is 0.443 e. The first-order chi connectivity index (χ1) is 18.0. The summed E-state index contributed by atoms with van der Waals surface area (Å²) < 4.78 is 85.0. The van der Waals surface area contributed by atoms with Crippen LogP contribution in [0.5, 0.6) is 0 Å². The van der Waals surface area contributed by atoms with Crippen molar-refractivity contribution < 1.29 is 35.2 Å². The molecule has 38 heavy (non-hydrogen) atoms. The van der Waals surface area contributed by atoms with Crippen molar-refractivity contribution in [3.63, 3.8) is 0 Å². The fourth-order valence-electron chi connectivity index (χ4n) is 4.49. The van der Waals surface area contributed by atoms with E-state index in [4.69, 9.17) is 4.42 Å². The third-order valence-corrected chi connectivity index (χ3v) is 8.14. The molecule has 198 valence electrons. The van der Waals surface area contributed by atoms with Gasteiger partial charge < -0.3 is 4.42 Å². The molecule has 1 aliphatic rings. The van der Waals surface area contributed by atoms with Crippen molar-refractivity contribution in [2.24, 2.45) is 0 Å². The maximum atomic E-state index is 13.5. The molecule has 0 spiro atoms. The molecule has 4 aromatic rings. The molecular formula is C26H21F4N3O4S. The molecule has 1 aromatic carbocycles. The highest BCUT2D eigenvalue weighted by Crippen LogP contribution is 2.32. The molecule has 1 saturated heterocycles. The number of ketones is 1. The molecule has 0 unspecified atom stereocenters. The Balaban J connectivity index is 1.28. The van der Waals surface area contributed by atoms with Gasteiger partial charge in [0.05, 0.1) is 11.7 Å². The number of halogens is 4. The van der Waals surface area contributed by atoms with Crippen LogP contribution in [0.25, 0.3) is 22.2 Å². The van der Waals surface area contributed by atoms with Gasteiger partial charge in [0.25, 0.3) is 10.0 Å². The third-order valence-electron chi connectivity index (χ3n) is 6.38. The number of alkyl halides is 3. The predicted octanol–water partition coefficient (Wildman–Crippen LogP) is 5.40. The third kappa shape index (κ3) is 5.18. The van der Waals surface area contributed by atoms with Crippen molar-refractivity contribution in [1.29, 1.82) is 0 Å². The second-order valence-electron chi connectivity index (χ2n) is 8.93. The second-order valence-corrected chi connectivity index (χ2v) is 10.8. The quantitative estimate of drug-likeness (QED) is 0.288. The molecule has 0 amide bonds. The number of nitrogens with zero attached hydrogens (tertiary/aromatic N) is 3. The van der Waals surface area contributed by atoms with Crippen molar-refractivity contribution in [2.75, 3.05) is 6.54 Å². The van der Waals surface area contributed by atoms with E-state index in [-0.39, 0.29) is 35.8 Å². The Morgan fingerprint density at radius 2 is 1.92 bits per heavy atom. The van der Waals surface area contributed by atoms with Gasteiger partial charge in [0.15, 0.2) is 5.78 Å². The minimum Gasteiger partial charge on any atom is -0.443 e. The van der Waals surface area contributed by atoms with Gasteiger partial charge in [-0.2, -0.15) is 17.5 Å². The number of carbonyl (C=O) groups excluding carboxylic acids is 1. The molecule has 5 rings (SSSR count). The molecular weight excluding hydrogens is 526 g/mol. The topological polar surface area (TPSA) is 93.4 Å². The van der Waals surface area contributed by atoms with E-state index in [0.717, 1.165) is 16.6 Å². The number of furan rings is 1. The lowest BCUT2D eigenvalue weighted by molar-refractivity contribution is -0.141. The minimum atomic E-state index is -4.54. The van der Waals surface area contributed by atoms with Crippen LogP contribution in [0, 0.1) is 5.82 Å². The highest BCUT2D eigenvalue weighted by atomic mass is 32.2. The van der Waals surface area contributed by atoms with Crippen molar-refractivity contribution in [3.8, 4) is 11.3 Å². The number of hydrogen-bond acceptors (Lipinski definition) is 6. The van der Waals surface area contributed by atoms with Crippen molar-refractivity contribution in [2.45, 2.75) is 43.0 Å². The highest BCUT2D eigenvalue weighted by molar-refractivity contribution is 7.89. The number of carbonyl (C=O) groups is 1. The molecule has 0 bridgehead atoms. The smallest absolute Gasteiger partial charge is 0.433 e. The molecule has 0 N–H and O–H groups in total. The summed E-state index contributed by atoms with van der Waals surface area (Å²) >= 11 is 0. The SMILES string of the molecule is O=C(CCc1cccc(-c2ccc(C(F)(F)F)nc2)n1)[C@@H]1CCCN1S(=O)(=O)c1cc2cc(F)ccc2o1. The Morgan fingerprint density at radius 1 is 1.11 bits per heavy atom. The lowest BCUT2D eigenvalue weighted by atomic mass is 10.0. The number of sulfonamides is 1. The molecule has 7 nitrogen and oxygen atoms in total. The summed E-state index contributed by atoms with van der Waals surface area (Å²) in [5.41, 5.74) is 0.546. The number of pyridine rings is 2. The number of hydrogen-bond donors (Lipinski definition) is 0. The van der Waals surface area contributed by atoms with Crippen LogP contribution in [-0.4, -0.2) is 41.1 Å². The van der Waals surface area contributed by atoms with Crippen molar-refractivity contribution in [1.82, 2.24) is 14.3 Å². The fourth-order valence-corrected chi connectivity index (χ4v) is 6.12. The number of fused-ring (bicyclic) bond motifs is 1.